The van der Waals surface area contributed by atoms with E-state index < -0.39 is 0 Å². The molecule has 0 aliphatic carbocycles. The Labute approximate surface area is 227 Å². The lowest BCUT2D eigenvalue weighted by molar-refractivity contribution is 1.15. The zero-order valence-corrected chi connectivity index (χ0v) is 21.7. The zero-order chi connectivity index (χ0) is 25.5. The Bertz CT molecular complexity index is 2360. The third-order valence-electron chi connectivity index (χ3n) is 7.94. The van der Waals surface area contributed by atoms with E-state index in [4.69, 9.17) is 4.98 Å². The van der Waals surface area contributed by atoms with Crippen LogP contribution >= 0.6 is 11.3 Å². The third-order valence-corrected chi connectivity index (χ3v) is 8.96. The van der Waals surface area contributed by atoms with Crippen LogP contribution in [-0.2, 0) is 0 Å². The molecule has 6 aromatic carbocycles. The Balaban J connectivity index is 1.54. The lowest BCUT2D eigenvalue weighted by atomic mass is 10.0. The number of thiazole rings is 1. The van der Waals surface area contributed by atoms with E-state index >= 15 is 0 Å². The van der Waals surface area contributed by atoms with Crippen LogP contribution in [0.3, 0.4) is 0 Å². The van der Waals surface area contributed by atoms with Gasteiger partial charge < -0.3 is 4.57 Å². The van der Waals surface area contributed by atoms with Crippen LogP contribution in [-0.4, -0.2) is 14.1 Å². The smallest absolute Gasteiger partial charge is 0.195 e. The van der Waals surface area contributed by atoms with Crippen LogP contribution in [0.15, 0.2) is 127 Å². The number of rotatable bonds is 2. The van der Waals surface area contributed by atoms with Gasteiger partial charge >= 0.3 is 0 Å². The average molecular weight is 516 g/mol. The van der Waals surface area contributed by atoms with Crippen LogP contribution < -0.4 is 0 Å². The molecule has 4 heteroatoms. The van der Waals surface area contributed by atoms with Gasteiger partial charge in [0.25, 0.3) is 0 Å². The van der Waals surface area contributed by atoms with Crippen LogP contribution in [0.2, 0.25) is 0 Å². The van der Waals surface area contributed by atoms with Gasteiger partial charge in [0.15, 0.2) is 5.13 Å². The number of fused-ring (bicyclic) bond motifs is 10. The number of nitrogens with zero attached hydrogens (tertiary/aromatic N) is 3. The van der Waals surface area contributed by atoms with Crippen molar-refractivity contribution in [3.8, 4) is 10.8 Å². The predicted molar refractivity (Wildman–Crippen MR) is 166 cm³/mol. The van der Waals surface area contributed by atoms with Gasteiger partial charge in [0.05, 0.1) is 32.3 Å². The minimum atomic E-state index is 0.995. The molecule has 0 atom stereocenters. The van der Waals surface area contributed by atoms with Crippen LogP contribution in [0.5, 0.6) is 0 Å². The maximum absolute atomic E-state index is 5.07. The molecule has 0 saturated heterocycles. The summed E-state index contributed by atoms with van der Waals surface area (Å²) in [6.07, 6.45) is 0. The van der Waals surface area contributed by atoms with E-state index in [0.29, 0.717) is 0 Å². The minimum Gasteiger partial charge on any atom is -0.309 e. The Morgan fingerprint density at radius 2 is 1.21 bits per heavy atom. The van der Waals surface area contributed by atoms with E-state index in [1.165, 1.54) is 59.1 Å². The topological polar surface area (TPSA) is 22.8 Å². The highest BCUT2D eigenvalue weighted by Gasteiger charge is 2.22. The Hall–Kier alpha value is -4.93. The summed E-state index contributed by atoms with van der Waals surface area (Å²) in [7, 11) is 0. The second-order valence-electron chi connectivity index (χ2n) is 10.0. The van der Waals surface area contributed by atoms with Crippen LogP contribution in [0.25, 0.3) is 75.4 Å². The first-order valence-corrected chi connectivity index (χ1v) is 14.0. The fourth-order valence-electron chi connectivity index (χ4n) is 6.33. The van der Waals surface area contributed by atoms with Crippen LogP contribution in [0.1, 0.15) is 0 Å². The van der Waals surface area contributed by atoms with Gasteiger partial charge in [0, 0.05) is 27.2 Å². The molecular formula is C35H21N3S. The molecule has 0 saturated carbocycles. The van der Waals surface area contributed by atoms with Crippen molar-refractivity contribution in [1.29, 1.82) is 0 Å². The van der Waals surface area contributed by atoms with E-state index in [1.807, 2.05) is 0 Å². The molecule has 3 heterocycles. The standard InChI is InChI=1S/C35H21N3S/c1-2-11-23(12-3-1)37-29-20-18-22-10-4-5-13-24(22)32(29)26-19-21-30-33(34(26)37)25-14-6-8-16-28(25)38(30)35-36-27-15-7-9-17-31(27)39-35/h1-21H. The fraction of sp³-hybridized carbons (Fsp3) is 0. The molecule has 3 nitrogen and oxygen atoms in total. The second kappa shape index (κ2) is 7.79. The van der Waals surface area contributed by atoms with Gasteiger partial charge in [-0.25, -0.2) is 4.98 Å². The summed E-state index contributed by atoms with van der Waals surface area (Å²) >= 11 is 1.74. The number of aromatic nitrogens is 3. The molecule has 0 bridgehead atoms. The summed E-state index contributed by atoms with van der Waals surface area (Å²) < 4.78 is 6.00. The summed E-state index contributed by atoms with van der Waals surface area (Å²) in [5, 5.41) is 8.59. The van der Waals surface area contributed by atoms with Crippen LogP contribution in [0.4, 0.5) is 0 Å². The Morgan fingerprint density at radius 1 is 0.487 bits per heavy atom. The average Bonchev–Trinajstić information content (AvgIpc) is 3.67. The molecule has 0 amide bonds. The van der Waals surface area contributed by atoms with E-state index in [0.717, 1.165) is 16.3 Å². The summed E-state index contributed by atoms with van der Waals surface area (Å²) in [5.74, 6) is 0. The van der Waals surface area contributed by atoms with Gasteiger partial charge in [-0.05, 0) is 53.2 Å². The molecule has 39 heavy (non-hydrogen) atoms. The normalized spacial score (nSPS) is 12.1. The van der Waals surface area contributed by atoms with Crippen molar-refractivity contribution in [2.75, 3.05) is 0 Å². The number of hydrogen-bond donors (Lipinski definition) is 0. The first-order valence-electron chi connectivity index (χ1n) is 13.2. The lowest BCUT2D eigenvalue weighted by Gasteiger charge is -2.09. The van der Waals surface area contributed by atoms with E-state index in [9.17, 15) is 0 Å². The third kappa shape index (κ3) is 2.84. The fourth-order valence-corrected chi connectivity index (χ4v) is 7.33. The monoisotopic (exact) mass is 515 g/mol. The van der Waals surface area contributed by atoms with Gasteiger partial charge in [0.2, 0.25) is 0 Å². The highest BCUT2D eigenvalue weighted by atomic mass is 32.1. The van der Waals surface area contributed by atoms with Crippen LogP contribution in [0, 0.1) is 0 Å². The molecule has 0 spiro atoms. The Morgan fingerprint density at radius 3 is 2.10 bits per heavy atom. The molecule has 0 radical (unpaired) electrons. The lowest BCUT2D eigenvalue weighted by Crippen LogP contribution is -1.94. The summed E-state index contributed by atoms with van der Waals surface area (Å²) in [4.78, 5) is 5.07. The van der Waals surface area contributed by atoms with Gasteiger partial charge in [-0.1, -0.05) is 96.3 Å². The molecule has 0 fully saturated rings. The molecule has 0 unspecified atom stereocenters. The molecule has 3 aromatic heterocycles. The van der Waals surface area contributed by atoms with Crippen molar-refractivity contribution in [2.24, 2.45) is 0 Å². The summed E-state index contributed by atoms with van der Waals surface area (Å²) in [5.41, 5.74) is 7.01. The maximum Gasteiger partial charge on any atom is 0.195 e. The summed E-state index contributed by atoms with van der Waals surface area (Å²) in [6.45, 7) is 0. The highest BCUT2D eigenvalue weighted by molar-refractivity contribution is 7.20. The van der Waals surface area contributed by atoms with E-state index in [-0.39, 0.29) is 0 Å². The molecule has 9 aromatic rings. The predicted octanol–water partition coefficient (Wildman–Crippen LogP) is 9.64. The molecule has 0 aliphatic rings. The van der Waals surface area contributed by atoms with E-state index in [1.54, 1.807) is 11.3 Å². The largest absolute Gasteiger partial charge is 0.309 e. The second-order valence-corrected chi connectivity index (χ2v) is 11.0. The SMILES string of the molecule is c1ccc(-n2c3ccc4ccccc4c3c3ccc4c(c5ccccc5n4-c4nc5ccccc5s4)c32)cc1. The Kier molecular flexibility index (Phi) is 4.21. The number of para-hydroxylation sites is 3. The van der Waals surface area contributed by atoms with Gasteiger partial charge in [-0.15, -0.1) is 0 Å². The van der Waals surface area contributed by atoms with E-state index in [2.05, 4.69) is 137 Å². The molecule has 9 rings (SSSR count). The molecule has 0 N–H and O–H groups in total. The van der Waals surface area contributed by atoms with Gasteiger partial charge in [-0.2, -0.15) is 0 Å². The number of benzene rings is 6. The minimum absolute atomic E-state index is 0.995. The van der Waals surface area contributed by atoms with Crippen molar-refractivity contribution >= 4 is 75.9 Å². The van der Waals surface area contributed by atoms with Crippen molar-refractivity contribution in [3.05, 3.63) is 127 Å². The summed E-state index contributed by atoms with van der Waals surface area (Å²) in [6, 6.07) is 45.7. The van der Waals surface area contributed by atoms with Gasteiger partial charge in [0.1, 0.15) is 0 Å². The first kappa shape index (κ1) is 21.1. The van der Waals surface area contributed by atoms with Crippen molar-refractivity contribution < 1.29 is 0 Å². The van der Waals surface area contributed by atoms with Crippen molar-refractivity contribution in [3.63, 3.8) is 0 Å². The maximum atomic E-state index is 5.07. The molecule has 0 aliphatic heterocycles. The quantitative estimate of drug-likeness (QED) is 0.225. The van der Waals surface area contributed by atoms with Gasteiger partial charge in [-0.3, -0.25) is 4.57 Å². The first-order chi connectivity index (χ1) is 19.4. The molecular weight excluding hydrogens is 494 g/mol. The highest BCUT2D eigenvalue weighted by Crippen LogP contribution is 2.44. The zero-order valence-electron chi connectivity index (χ0n) is 20.9. The molecule has 182 valence electrons. The van der Waals surface area contributed by atoms with Crippen molar-refractivity contribution in [2.45, 2.75) is 0 Å². The van der Waals surface area contributed by atoms with Crippen molar-refractivity contribution in [1.82, 2.24) is 14.1 Å². The number of hydrogen-bond acceptors (Lipinski definition) is 2.